The van der Waals surface area contributed by atoms with Gasteiger partial charge in [0.15, 0.2) is 5.78 Å². The van der Waals surface area contributed by atoms with E-state index in [4.69, 9.17) is 16.7 Å². The Balaban J connectivity index is 1.62. The highest BCUT2D eigenvalue weighted by atomic mass is 35.5. The van der Waals surface area contributed by atoms with E-state index < -0.39 is 23.8 Å². The first-order valence-corrected chi connectivity index (χ1v) is 12.5. The lowest BCUT2D eigenvalue weighted by Gasteiger charge is -2.27. The minimum Gasteiger partial charge on any atom is -0.388 e. The number of carbonyl (C=O) groups is 2. The van der Waals surface area contributed by atoms with Gasteiger partial charge in [-0.3, -0.25) is 9.59 Å². The number of aromatic nitrogens is 2. The fourth-order valence-electron chi connectivity index (χ4n) is 4.28. The van der Waals surface area contributed by atoms with Crippen molar-refractivity contribution in [3.05, 3.63) is 83.1 Å². The molecule has 2 N–H and O–H groups in total. The number of rotatable bonds is 6. The maximum Gasteiger partial charge on any atom is 0.252 e. The number of hydrogen-bond acceptors (Lipinski definition) is 5. The lowest BCUT2D eigenvalue weighted by Crippen LogP contribution is -2.55. The summed E-state index contributed by atoms with van der Waals surface area (Å²) in [5.41, 5.74) is 1.86. The first kappa shape index (κ1) is 23.5. The summed E-state index contributed by atoms with van der Waals surface area (Å²) in [6.07, 6.45) is 0.467. The van der Waals surface area contributed by atoms with Crippen LogP contribution in [0.1, 0.15) is 16.8 Å². The summed E-state index contributed by atoms with van der Waals surface area (Å²) < 4.78 is 15.2. The topological polar surface area (TPSA) is 84.2 Å². The predicted octanol–water partition coefficient (Wildman–Crippen LogP) is 4.65. The Bertz CT molecular complexity index is 1430. The number of nitrogens with zero attached hydrogens (tertiary/aromatic N) is 2. The number of fused-ring (bicyclic) bond motifs is 1. The van der Waals surface area contributed by atoms with E-state index in [0.29, 0.717) is 39.7 Å². The van der Waals surface area contributed by atoms with Gasteiger partial charge in [0.1, 0.15) is 23.7 Å². The van der Waals surface area contributed by atoms with Gasteiger partial charge in [0.05, 0.1) is 16.2 Å². The molecule has 0 aliphatic carbocycles. The number of nitrogens with one attached hydrogen (secondary N) is 1. The van der Waals surface area contributed by atoms with Gasteiger partial charge in [-0.25, -0.2) is 9.07 Å². The predicted molar refractivity (Wildman–Crippen MR) is 136 cm³/mol. The summed E-state index contributed by atoms with van der Waals surface area (Å²) in [6.45, 7) is -0.627. The van der Waals surface area contributed by atoms with Crippen molar-refractivity contribution in [1.29, 1.82) is 0 Å². The third kappa shape index (κ3) is 4.33. The number of aliphatic hydroxyl groups excluding tert-OH is 1. The smallest absolute Gasteiger partial charge is 0.252 e. The number of thioether (sulfide) groups is 1. The molecule has 35 heavy (non-hydrogen) atoms. The average molecular weight is 510 g/mol. The Morgan fingerprint density at radius 2 is 1.91 bits per heavy atom. The molecule has 4 aromatic rings. The van der Waals surface area contributed by atoms with Gasteiger partial charge < -0.3 is 10.4 Å². The molecule has 0 spiro atoms. The molecule has 1 aliphatic rings. The van der Waals surface area contributed by atoms with Gasteiger partial charge in [0, 0.05) is 22.3 Å². The van der Waals surface area contributed by atoms with Crippen molar-refractivity contribution in [1.82, 2.24) is 15.1 Å². The zero-order chi connectivity index (χ0) is 24.6. The fraction of sp³-hybridized carbons (Fsp3) is 0.192. The van der Waals surface area contributed by atoms with E-state index >= 15 is 0 Å². The number of carbonyl (C=O) groups excluding carboxylic acids is 2. The van der Waals surface area contributed by atoms with Crippen molar-refractivity contribution < 1.29 is 19.1 Å². The molecule has 1 unspecified atom stereocenters. The van der Waals surface area contributed by atoms with Crippen LogP contribution in [0.25, 0.3) is 27.8 Å². The first-order chi connectivity index (χ1) is 16.9. The molecule has 0 saturated carbocycles. The van der Waals surface area contributed by atoms with E-state index in [-0.39, 0.29) is 5.82 Å². The molecule has 1 atom stereocenters. The van der Waals surface area contributed by atoms with Crippen LogP contribution >= 0.6 is 23.4 Å². The minimum absolute atomic E-state index is 0.341. The van der Waals surface area contributed by atoms with Gasteiger partial charge >= 0.3 is 0 Å². The second-order valence-corrected chi connectivity index (χ2v) is 9.88. The largest absolute Gasteiger partial charge is 0.388 e. The average Bonchev–Trinajstić information content (AvgIpc) is 3.50. The molecule has 9 heteroatoms. The Labute approximate surface area is 210 Å². The van der Waals surface area contributed by atoms with Gasteiger partial charge in [-0.2, -0.15) is 16.9 Å². The van der Waals surface area contributed by atoms with Crippen LogP contribution in [0.2, 0.25) is 5.02 Å². The summed E-state index contributed by atoms with van der Waals surface area (Å²) in [5, 5.41) is 18.4. The third-order valence-electron chi connectivity index (χ3n) is 6.20. The van der Waals surface area contributed by atoms with Gasteiger partial charge in [0.25, 0.3) is 5.91 Å². The molecular weight excluding hydrogens is 489 g/mol. The highest BCUT2D eigenvalue weighted by Crippen LogP contribution is 2.35. The van der Waals surface area contributed by atoms with E-state index in [1.807, 2.05) is 18.2 Å². The van der Waals surface area contributed by atoms with Crippen molar-refractivity contribution in [3.63, 3.8) is 0 Å². The lowest BCUT2D eigenvalue weighted by atomic mass is 9.93. The molecule has 6 nitrogen and oxygen atoms in total. The molecule has 178 valence electrons. The van der Waals surface area contributed by atoms with Crippen molar-refractivity contribution >= 4 is 46.0 Å². The highest BCUT2D eigenvalue weighted by Gasteiger charge is 2.42. The molecule has 1 aliphatic heterocycles. The third-order valence-corrected chi connectivity index (χ3v) is 7.71. The van der Waals surface area contributed by atoms with Gasteiger partial charge in [-0.05, 0) is 60.7 Å². The maximum atomic E-state index is 13.6. The minimum atomic E-state index is -1.08. The Kier molecular flexibility index (Phi) is 6.35. The molecule has 1 saturated heterocycles. The van der Waals surface area contributed by atoms with E-state index in [9.17, 15) is 19.1 Å². The number of hydrogen-bond donors (Lipinski definition) is 2. The number of amides is 1. The second-order valence-electron chi connectivity index (χ2n) is 8.37. The summed E-state index contributed by atoms with van der Waals surface area (Å²) in [7, 11) is 0. The number of halogens is 2. The quantitative estimate of drug-likeness (QED) is 0.395. The zero-order valence-electron chi connectivity index (χ0n) is 18.5. The van der Waals surface area contributed by atoms with Crippen LogP contribution in [0.15, 0.2) is 66.7 Å². The summed E-state index contributed by atoms with van der Waals surface area (Å²) >= 11 is 8.02. The molecule has 3 aromatic carbocycles. The van der Waals surface area contributed by atoms with E-state index in [0.717, 1.165) is 16.7 Å². The molecule has 0 bridgehead atoms. The normalized spacial score (nSPS) is 17.6. The molecule has 0 radical (unpaired) electrons. The first-order valence-electron chi connectivity index (χ1n) is 11.0. The molecule has 1 fully saturated rings. The summed E-state index contributed by atoms with van der Waals surface area (Å²) in [4.78, 5) is 25.7. The molecule has 5 rings (SSSR count). The van der Waals surface area contributed by atoms with Crippen LogP contribution in [0, 0.1) is 5.82 Å². The highest BCUT2D eigenvalue weighted by molar-refractivity contribution is 7.99. The molecule has 1 amide bonds. The zero-order valence-corrected chi connectivity index (χ0v) is 20.1. The molecular formula is C26H21ClFN3O3S. The lowest BCUT2D eigenvalue weighted by molar-refractivity contribution is -0.127. The van der Waals surface area contributed by atoms with Crippen LogP contribution in [0.3, 0.4) is 0 Å². The maximum absolute atomic E-state index is 13.6. The van der Waals surface area contributed by atoms with Crippen molar-refractivity contribution in [3.8, 4) is 16.9 Å². The van der Waals surface area contributed by atoms with Crippen molar-refractivity contribution in [2.75, 3.05) is 18.1 Å². The van der Waals surface area contributed by atoms with Gasteiger partial charge in [-0.1, -0.05) is 29.8 Å². The van der Waals surface area contributed by atoms with Crippen LogP contribution in [-0.2, 0) is 4.79 Å². The van der Waals surface area contributed by atoms with Crippen LogP contribution in [0.5, 0.6) is 0 Å². The molecule has 2 heterocycles. The Hall–Kier alpha value is -3.20. The summed E-state index contributed by atoms with van der Waals surface area (Å²) in [6, 6.07) is 18.4. The monoisotopic (exact) mass is 509 g/mol. The number of Topliss-reactive ketones (excluding diaryl/α,β-unsaturated/α-hetero) is 1. The van der Waals surface area contributed by atoms with Gasteiger partial charge in [-0.15, -0.1) is 0 Å². The SMILES string of the molecule is O=C(NC1(C(=O)CO)CCSC1)c1ccc2c(-c3ccccc3Cl)nn(-c3ccc(F)cc3)c2c1. The number of benzene rings is 3. The van der Waals surface area contributed by atoms with Crippen LogP contribution in [0.4, 0.5) is 4.39 Å². The number of aliphatic hydroxyl groups is 1. The van der Waals surface area contributed by atoms with E-state index in [2.05, 4.69) is 5.32 Å². The van der Waals surface area contributed by atoms with Crippen LogP contribution < -0.4 is 5.32 Å². The molecule has 1 aromatic heterocycles. The van der Waals surface area contributed by atoms with Crippen molar-refractivity contribution in [2.45, 2.75) is 12.0 Å². The second kappa shape index (κ2) is 9.45. The number of ketones is 1. The fourth-order valence-corrected chi connectivity index (χ4v) is 5.87. The van der Waals surface area contributed by atoms with Crippen molar-refractivity contribution in [2.24, 2.45) is 0 Å². The van der Waals surface area contributed by atoms with Gasteiger partial charge in [0.2, 0.25) is 0 Å². The Morgan fingerprint density at radius 1 is 1.14 bits per heavy atom. The van der Waals surface area contributed by atoms with Crippen LogP contribution in [-0.4, -0.2) is 50.2 Å². The summed E-state index contributed by atoms with van der Waals surface area (Å²) in [5.74, 6) is -0.0322. The van der Waals surface area contributed by atoms with E-state index in [1.165, 1.54) is 12.1 Å². The Morgan fingerprint density at radius 3 is 2.60 bits per heavy atom. The standard InChI is InChI=1S/C26H21ClFN3O3S/c27-21-4-2-1-3-19(21)24-20-10-5-16(25(34)29-26(23(33)14-32)11-12-35-15-26)13-22(20)31(30-24)18-8-6-17(28)7-9-18/h1-10,13,32H,11-12,14-15H2,(H,29,34). The van der Waals surface area contributed by atoms with E-state index in [1.54, 1.807) is 52.8 Å².